The summed E-state index contributed by atoms with van der Waals surface area (Å²) in [4.78, 5) is 6.51. The number of nitrogens with zero attached hydrogens (tertiary/aromatic N) is 2. The third-order valence-electron chi connectivity index (χ3n) is 3.37. The third-order valence-corrected chi connectivity index (χ3v) is 3.37. The first kappa shape index (κ1) is 17.0. The molecule has 1 aliphatic heterocycles. The van der Waals surface area contributed by atoms with E-state index >= 15 is 0 Å². The maximum atomic E-state index is 4.49. The van der Waals surface area contributed by atoms with Crippen LogP contribution in [0.4, 0.5) is 0 Å². The summed E-state index contributed by atoms with van der Waals surface area (Å²) in [7, 11) is 2.00. The van der Waals surface area contributed by atoms with Crippen LogP contribution < -0.4 is 0 Å². The molecule has 0 saturated carbocycles. The predicted molar refractivity (Wildman–Crippen MR) is 94.1 cm³/mol. The van der Waals surface area contributed by atoms with Crippen LogP contribution in [0.15, 0.2) is 77.3 Å². The molecule has 21 heavy (non-hydrogen) atoms. The summed E-state index contributed by atoms with van der Waals surface area (Å²) in [6.45, 7) is 14.5. The molecule has 0 amide bonds. The average Bonchev–Trinajstić information content (AvgIpc) is 2.45. The number of hydrogen-bond acceptors (Lipinski definition) is 2. The zero-order valence-electron chi connectivity index (χ0n) is 13.6. The molecule has 112 valence electrons. The van der Waals surface area contributed by atoms with Crippen LogP contribution in [0.3, 0.4) is 0 Å². The van der Waals surface area contributed by atoms with Gasteiger partial charge in [-0.15, -0.1) is 0 Å². The average molecular weight is 282 g/mol. The van der Waals surface area contributed by atoms with E-state index in [2.05, 4.69) is 44.1 Å². The maximum Gasteiger partial charge on any atom is 0.139 e. The van der Waals surface area contributed by atoms with Gasteiger partial charge in [-0.25, -0.2) is 4.99 Å². The first-order valence-corrected chi connectivity index (χ1v) is 7.31. The minimum absolute atomic E-state index is 0.476. The van der Waals surface area contributed by atoms with Crippen molar-refractivity contribution in [3.8, 4) is 0 Å². The number of hydrogen-bond donors (Lipinski definition) is 0. The van der Waals surface area contributed by atoms with Crippen LogP contribution in [0, 0.1) is 5.92 Å². The van der Waals surface area contributed by atoms with Crippen molar-refractivity contribution in [2.75, 3.05) is 7.05 Å². The van der Waals surface area contributed by atoms with Crippen LogP contribution in [0.25, 0.3) is 0 Å². The van der Waals surface area contributed by atoms with Crippen molar-refractivity contribution in [1.29, 1.82) is 0 Å². The van der Waals surface area contributed by atoms with E-state index in [1.165, 1.54) is 5.57 Å². The van der Waals surface area contributed by atoms with Gasteiger partial charge in [-0.05, 0) is 30.9 Å². The van der Waals surface area contributed by atoms with Gasteiger partial charge in [-0.3, -0.25) is 0 Å². The molecule has 1 rings (SSSR count). The molecule has 1 aliphatic rings. The lowest BCUT2D eigenvalue weighted by Gasteiger charge is -2.22. The smallest absolute Gasteiger partial charge is 0.139 e. The first-order chi connectivity index (χ1) is 10.0. The second-order valence-electron chi connectivity index (χ2n) is 5.38. The van der Waals surface area contributed by atoms with Crippen molar-refractivity contribution in [3.05, 3.63) is 72.3 Å². The largest absolute Gasteiger partial charge is 0.336 e. The Labute approximate surface area is 129 Å². The molecule has 0 radical (unpaired) electrons. The molecule has 2 nitrogen and oxygen atoms in total. The van der Waals surface area contributed by atoms with Crippen molar-refractivity contribution < 1.29 is 0 Å². The third kappa shape index (κ3) is 4.75. The highest BCUT2D eigenvalue weighted by Gasteiger charge is 2.14. The molecule has 0 aromatic rings. The molecule has 0 bridgehead atoms. The summed E-state index contributed by atoms with van der Waals surface area (Å²) >= 11 is 0. The lowest BCUT2D eigenvalue weighted by Crippen LogP contribution is -2.14. The van der Waals surface area contributed by atoms with Gasteiger partial charge in [0.25, 0.3) is 0 Å². The lowest BCUT2D eigenvalue weighted by atomic mass is 9.92. The van der Waals surface area contributed by atoms with Gasteiger partial charge in [0, 0.05) is 25.0 Å². The van der Waals surface area contributed by atoms with E-state index in [9.17, 15) is 0 Å². The van der Waals surface area contributed by atoms with Crippen LogP contribution in [0.2, 0.25) is 0 Å². The normalized spacial score (nSPS) is 17.8. The molecule has 0 spiro atoms. The van der Waals surface area contributed by atoms with Gasteiger partial charge in [0.1, 0.15) is 5.82 Å². The van der Waals surface area contributed by atoms with E-state index in [-0.39, 0.29) is 0 Å². The molecule has 2 heteroatoms. The van der Waals surface area contributed by atoms with E-state index in [1.807, 2.05) is 49.5 Å². The highest BCUT2D eigenvalue weighted by molar-refractivity contribution is 5.73. The molecule has 0 unspecified atom stereocenters. The molecule has 0 N–H and O–H groups in total. The van der Waals surface area contributed by atoms with Crippen LogP contribution in [0.1, 0.15) is 27.2 Å². The number of rotatable bonds is 6. The quantitative estimate of drug-likeness (QED) is 0.625. The van der Waals surface area contributed by atoms with E-state index in [0.29, 0.717) is 5.92 Å². The fourth-order valence-electron chi connectivity index (χ4n) is 2.17. The SMILES string of the molecule is C=C/C=C(/CC(=C)/C(C=CC)=C1\N=CC=CN1C)C(C)C. The fourth-order valence-corrected chi connectivity index (χ4v) is 2.17. The van der Waals surface area contributed by atoms with Crippen molar-refractivity contribution in [2.45, 2.75) is 27.2 Å². The second kappa shape index (κ2) is 8.25. The zero-order valence-corrected chi connectivity index (χ0v) is 13.6. The zero-order chi connectivity index (χ0) is 15.8. The van der Waals surface area contributed by atoms with Crippen LogP contribution in [-0.2, 0) is 0 Å². The Morgan fingerprint density at radius 2 is 2.14 bits per heavy atom. The standard InChI is InChI=1S/C19H26N2/c1-7-10-17(15(3)4)14-16(5)18(11-8-2)19-20-12-9-13-21(19)6/h7-13,15H,1,5,14H2,2-4,6H3/b11-8?,17-10-,19-18+. The second-order valence-corrected chi connectivity index (χ2v) is 5.38. The molecule has 0 saturated heterocycles. The molecular formula is C19H26N2. The highest BCUT2D eigenvalue weighted by Crippen LogP contribution is 2.27. The van der Waals surface area contributed by atoms with Crippen LogP contribution in [-0.4, -0.2) is 18.2 Å². The number of allylic oxidation sites excluding steroid dienone is 8. The number of aliphatic imine (C=N–C) groups is 1. The fraction of sp³-hybridized carbons (Fsp3) is 0.316. The Morgan fingerprint density at radius 3 is 2.67 bits per heavy atom. The van der Waals surface area contributed by atoms with Gasteiger partial charge in [0.2, 0.25) is 0 Å². The first-order valence-electron chi connectivity index (χ1n) is 7.31. The molecule has 0 aromatic heterocycles. The Balaban J connectivity index is 3.12. The molecule has 1 heterocycles. The molecule has 0 aliphatic carbocycles. The monoisotopic (exact) mass is 282 g/mol. The van der Waals surface area contributed by atoms with Crippen LogP contribution in [0.5, 0.6) is 0 Å². The lowest BCUT2D eigenvalue weighted by molar-refractivity contribution is 0.553. The van der Waals surface area contributed by atoms with Crippen LogP contribution >= 0.6 is 0 Å². The molecule has 0 fully saturated rings. The van der Waals surface area contributed by atoms with Gasteiger partial charge in [0.15, 0.2) is 0 Å². The summed E-state index contributed by atoms with van der Waals surface area (Å²) in [5.74, 6) is 1.41. The topological polar surface area (TPSA) is 15.6 Å². The van der Waals surface area contributed by atoms with E-state index < -0.39 is 0 Å². The highest BCUT2D eigenvalue weighted by atomic mass is 15.2. The molecular weight excluding hydrogens is 256 g/mol. The van der Waals surface area contributed by atoms with Gasteiger partial charge in [-0.1, -0.05) is 56.9 Å². The minimum atomic E-state index is 0.476. The minimum Gasteiger partial charge on any atom is -0.336 e. The molecule has 0 aromatic carbocycles. The summed E-state index contributed by atoms with van der Waals surface area (Å²) in [6.07, 6.45) is 14.6. The van der Waals surface area contributed by atoms with E-state index in [1.54, 1.807) is 0 Å². The Kier molecular flexibility index (Phi) is 6.67. The Morgan fingerprint density at radius 1 is 1.43 bits per heavy atom. The van der Waals surface area contributed by atoms with Crippen molar-refractivity contribution in [1.82, 2.24) is 4.90 Å². The maximum absolute atomic E-state index is 4.49. The van der Waals surface area contributed by atoms with Gasteiger partial charge >= 0.3 is 0 Å². The summed E-state index contributed by atoms with van der Waals surface area (Å²) in [5, 5.41) is 0. The van der Waals surface area contributed by atoms with Crippen molar-refractivity contribution in [3.63, 3.8) is 0 Å². The summed E-state index contributed by atoms with van der Waals surface area (Å²) in [6, 6.07) is 0. The predicted octanol–water partition coefficient (Wildman–Crippen LogP) is 5.02. The Hall–Kier alpha value is -2.09. The van der Waals surface area contributed by atoms with Crippen molar-refractivity contribution >= 4 is 6.21 Å². The van der Waals surface area contributed by atoms with Gasteiger partial charge in [-0.2, -0.15) is 0 Å². The van der Waals surface area contributed by atoms with E-state index in [0.717, 1.165) is 23.4 Å². The van der Waals surface area contributed by atoms with Gasteiger partial charge < -0.3 is 4.90 Å². The molecule has 0 atom stereocenters. The summed E-state index contributed by atoms with van der Waals surface area (Å²) < 4.78 is 0. The van der Waals surface area contributed by atoms with E-state index in [4.69, 9.17) is 0 Å². The summed E-state index contributed by atoms with van der Waals surface area (Å²) in [5.41, 5.74) is 3.48. The van der Waals surface area contributed by atoms with Crippen molar-refractivity contribution in [2.24, 2.45) is 10.9 Å². The Bertz CT molecular complexity index is 540. The van der Waals surface area contributed by atoms with Gasteiger partial charge in [0.05, 0.1) is 0 Å².